The van der Waals surface area contributed by atoms with Crippen LogP contribution < -0.4 is 5.56 Å². The molecular formula is C15H12F2N2OS2. The highest BCUT2D eigenvalue weighted by Crippen LogP contribution is 2.31. The van der Waals surface area contributed by atoms with Crippen molar-refractivity contribution < 1.29 is 8.78 Å². The maximum atomic E-state index is 13.5. The van der Waals surface area contributed by atoms with Crippen molar-refractivity contribution >= 4 is 33.8 Å². The lowest BCUT2D eigenvalue weighted by atomic mass is 10.2. The zero-order chi connectivity index (χ0) is 16.0. The van der Waals surface area contributed by atoms with Gasteiger partial charge >= 0.3 is 6.55 Å². The Kier molecular flexibility index (Phi) is 3.70. The number of nitrogens with zero attached hydrogens (tertiary/aromatic N) is 2. The minimum atomic E-state index is -2.80. The van der Waals surface area contributed by atoms with Gasteiger partial charge in [-0.3, -0.25) is 13.9 Å². The van der Waals surface area contributed by atoms with E-state index in [2.05, 4.69) is 0 Å². The van der Waals surface area contributed by atoms with Crippen LogP contribution in [0.2, 0.25) is 0 Å². The van der Waals surface area contributed by atoms with E-state index in [0.717, 1.165) is 15.0 Å². The second-order valence-corrected chi connectivity index (χ2v) is 6.44. The van der Waals surface area contributed by atoms with E-state index < -0.39 is 6.55 Å². The zero-order valence-electron chi connectivity index (χ0n) is 11.8. The summed E-state index contributed by atoms with van der Waals surface area (Å²) in [6.07, 6.45) is 0. The molecule has 3 rings (SSSR count). The summed E-state index contributed by atoms with van der Waals surface area (Å²) in [5.74, 6) is 0. The number of benzene rings is 1. The van der Waals surface area contributed by atoms with E-state index >= 15 is 0 Å². The maximum Gasteiger partial charge on any atom is 0.321 e. The monoisotopic (exact) mass is 338 g/mol. The van der Waals surface area contributed by atoms with Crippen molar-refractivity contribution in [3.8, 4) is 5.69 Å². The number of hydrogen-bond acceptors (Lipinski definition) is 3. The number of fused-ring (bicyclic) bond motifs is 1. The molecule has 0 aliphatic heterocycles. The highest BCUT2D eigenvalue weighted by Gasteiger charge is 2.21. The molecule has 0 aliphatic carbocycles. The first-order chi connectivity index (χ1) is 10.4. The Hall–Kier alpha value is -1.86. The summed E-state index contributed by atoms with van der Waals surface area (Å²) >= 11 is 6.34. The molecule has 7 heteroatoms. The van der Waals surface area contributed by atoms with Gasteiger partial charge in [-0.15, -0.1) is 11.3 Å². The number of thiophene rings is 1. The Morgan fingerprint density at radius 1 is 1.18 bits per heavy atom. The molecule has 0 radical (unpaired) electrons. The smallest absolute Gasteiger partial charge is 0.268 e. The summed E-state index contributed by atoms with van der Waals surface area (Å²) in [4.78, 5) is 13.9. The fraction of sp³-hybridized carbons (Fsp3) is 0.200. The van der Waals surface area contributed by atoms with Crippen LogP contribution in [0.1, 0.15) is 17.0 Å². The quantitative estimate of drug-likeness (QED) is 0.639. The average molecular weight is 338 g/mol. The molecule has 0 spiro atoms. The van der Waals surface area contributed by atoms with E-state index in [9.17, 15) is 13.6 Å². The molecular weight excluding hydrogens is 326 g/mol. The fourth-order valence-corrected chi connectivity index (χ4v) is 3.97. The van der Waals surface area contributed by atoms with Crippen molar-refractivity contribution in [2.45, 2.75) is 20.4 Å². The van der Waals surface area contributed by atoms with Gasteiger partial charge < -0.3 is 0 Å². The van der Waals surface area contributed by atoms with Gasteiger partial charge in [0.05, 0.1) is 11.1 Å². The molecule has 0 saturated carbocycles. The Bertz CT molecular complexity index is 971. The molecule has 114 valence electrons. The van der Waals surface area contributed by atoms with Crippen LogP contribution in [0.25, 0.3) is 15.9 Å². The standard InChI is InChI=1S/C15H12F2N2OS2/c1-8-9(2)22-13-11(8)12(20)18(10-6-4-3-5-7-10)15(21)19(13)14(16)17/h3-7,14H,1-2H3. The van der Waals surface area contributed by atoms with E-state index in [1.807, 2.05) is 6.92 Å². The van der Waals surface area contributed by atoms with Gasteiger partial charge in [0.15, 0.2) is 4.77 Å². The first-order valence-corrected chi connectivity index (χ1v) is 7.76. The van der Waals surface area contributed by atoms with Crippen LogP contribution in [-0.2, 0) is 0 Å². The van der Waals surface area contributed by atoms with Crippen LogP contribution in [0, 0.1) is 18.6 Å². The number of halogens is 2. The molecule has 0 amide bonds. The molecule has 1 aromatic carbocycles. The van der Waals surface area contributed by atoms with Crippen LogP contribution in [0.5, 0.6) is 0 Å². The van der Waals surface area contributed by atoms with Crippen LogP contribution in [0.15, 0.2) is 35.1 Å². The van der Waals surface area contributed by atoms with Gasteiger partial charge in [0, 0.05) is 4.88 Å². The molecule has 0 bridgehead atoms. The number of aromatic nitrogens is 2. The SMILES string of the molecule is Cc1sc2c(c1C)c(=O)n(-c1ccccc1)c(=S)n2C(F)F. The minimum Gasteiger partial charge on any atom is -0.268 e. The van der Waals surface area contributed by atoms with Gasteiger partial charge in [0.25, 0.3) is 5.56 Å². The van der Waals surface area contributed by atoms with Crippen molar-refractivity contribution in [2.75, 3.05) is 0 Å². The van der Waals surface area contributed by atoms with E-state index in [1.165, 1.54) is 15.9 Å². The number of aryl methyl sites for hydroxylation is 2. The average Bonchev–Trinajstić information content (AvgIpc) is 2.75. The summed E-state index contributed by atoms with van der Waals surface area (Å²) in [5, 5.41) is 0.306. The van der Waals surface area contributed by atoms with Crippen molar-refractivity contribution in [1.82, 2.24) is 9.13 Å². The van der Waals surface area contributed by atoms with Gasteiger partial charge in [-0.2, -0.15) is 8.78 Å². The summed E-state index contributed by atoms with van der Waals surface area (Å²) in [6.45, 7) is 0.776. The summed E-state index contributed by atoms with van der Waals surface area (Å²) in [6, 6.07) is 8.61. The first-order valence-electron chi connectivity index (χ1n) is 6.54. The molecule has 3 aromatic rings. The van der Waals surface area contributed by atoms with Gasteiger partial charge in [-0.1, -0.05) is 18.2 Å². The van der Waals surface area contributed by atoms with Crippen molar-refractivity contribution in [1.29, 1.82) is 0 Å². The number of rotatable bonds is 2. The summed E-state index contributed by atoms with van der Waals surface area (Å²) in [7, 11) is 0. The molecule has 0 atom stereocenters. The second-order valence-electron chi connectivity index (χ2n) is 4.87. The van der Waals surface area contributed by atoms with E-state index in [1.54, 1.807) is 37.3 Å². The number of para-hydroxylation sites is 1. The van der Waals surface area contributed by atoms with Crippen molar-refractivity contribution in [2.24, 2.45) is 0 Å². The Morgan fingerprint density at radius 3 is 2.41 bits per heavy atom. The third kappa shape index (κ3) is 2.12. The van der Waals surface area contributed by atoms with Gasteiger partial charge in [-0.25, -0.2) is 0 Å². The third-order valence-electron chi connectivity index (χ3n) is 3.61. The van der Waals surface area contributed by atoms with Crippen LogP contribution in [0.3, 0.4) is 0 Å². The highest BCUT2D eigenvalue weighted by atomic mass is 32.1. The summed E-state index contributed by atoms with van der Waals surface area (Å²) in [5.41, 5.74) is 0.848. The van der Waals surface area contributed by atoms with E-state index in [-0.39, 0.29) is 15.2 Å². The van der Waals surface area contributed by atoms with Crippen LogP contribution in [0.4, 0.5) is 8.78 Å². The molecule has 22 heavy (non-hydrogen) atoms. The van der Waals surface area contributed by atoms with Gasteiger partial charge in [0.1, 0.15) is 4.83 Å². The topological polar surface area (TPSA) is 26.9 Å². The third-order valence-corrected chi connectivity index (χ3v) is 5.20. The van der Waals surface area contributed by atoms with Crippen LogP contribution in [-0.4, -0.2) is 9.13 Å². The molecule has 0 fully saturated rings. The summed E-state index contributed by atoms with van der Waals surface area (Å²) < 4.78 is 28.8. The molecule has 0 unspecified atom stereocenters. The molecule has 0 aliphatic rings. The lowest BCUT2D eigenvalue weighted by Gasteiger charge is -2.13. The van der Waals surface area contributed by atoms with Crippen molar-refractivity contribution in [3.63, 3.8) is 0 Å². The van der Waals surface area contributed by atoms with Crippen molar-refractivity contribution in [3.05, 3.63) is 55.9 Å². The number of hydrogen-bond donors (Lipinski definition) is 0. The largest absolute Gasteiger partial charge is 0.321 e. The normalized spacial score (nSPS) is 11.5. The maximum absolute atomic E-state index is 13.5. The second kappa shape index (κ2) is 5.40. The van der Waals surface area contributed by atoms with Gasteiger partial charge in [-0.05, 0) is 43.8 Å². The Labute approximate surface area is 134 Å². The Morgan fingerprint density at radius 2 is 1.82 bits per heavy atom. The molecule has 3 nitrogen and oxygen atoms in total. The minimum absolute atomic E-state index is 0.194. The predicted molar refractivity (Wildman–Crippen MR) is 87.0 cm³/mol. The predicted octanol–water partition coefficient (Wildman–Crippen LogP) is 4.60. The zero-order valence-corrected chi connectivity index (χ0v) is 13.5. The molecule has 2 heterocycles. The Balaban J connectivity index is 2.57. The lowest BCUT2D eigenvalue weighted by molar-refractivity contribution is 0.0718. The van der Waals surface area contributed by atoms with E-state index in [4.69, 9.17) is 12.2 Å². The molecule has 0 saturated heterocycles. The van der Waals surface area contributed by atoms with Crippen LogP contribution >= 0.6 is 23.6 Å². The first kappa shape index (κ1) is 15.1. The van der Waals surface area contributed by atoms with E-state index in [0.29, 0.717) is 11.1 Å². The molecule has 2 aromatic heterocycles. The fourth-order valence-electron chi connectivity index (χ4n) is 2.40. The number of alkyl halides is 2. The molecule has 0 N–H and O–H groups in total. The van der Waals surface area contributed by atoms with Gasteiger partial charge in [0.2, 0.25) is 0 Å². The lowest BCUT2D eigenvalue weighted by Crippen LogP contribution is -2.24. The highest BCUT2D eigenvalue weighted by molar-refractivity contribution is 7.71.